The lowest BCUT2D eigenvalue weighted by atomic mass is 10.1. The van der Waals surface area contributed by atoms with Gasteiger partial charge < -0.3 is 4.90 Å². The fraction of sp³-hybridized carbons (Fsp3) is 1.00. The highest BCUT2D eigenvalue weighted by molar-refractivity contribution is 9.09. The molecule has 1 saturated heterocycles. The fourth-order valence-electron chi connectivity index (χ4n) is 1.62. The van der Waals surface area contributed by atoms with Crippen LogP contribution in [0, 0.1) is 5.92 Å². The summed E-state index contributed by atoms with van der Waals surface area (Å²) in [5.74, 6) is 0.801. The molecule has 1 aliphatic rings. The Morgan fingerprint density at radius 3 is 2.55 bits per heavy atom. The van der Waals surface area contributed by atoms with Crippen molar-refractivity contribution in [2.75, 3.05) is 34.2 Å². The van der Waals surface area contributed by atoms with Crippen molar-refractivity contribution in [2.45, 2.75) is 11.4 Å². The van der Waals surface area contributed by atoms with Crippen molar-refractivity contribution in [3.05, 3.63) is 0 Å². The average Bonchev–Trinajstić information content (AvgIpc) is 2.34. The minimum absolute atomic E-state index is 0.549. The summed E-state index contributed by atoms with van der Waals surface area (Å²) in [6.07, 6.45) is 1.32. The van der Waals surface area contributed by atoms with E-state index < -0.39 is 0 Å². The Morgan fingerprint density at radius 2 is 2.18 bits per heavy atom. The highest BCUT2D eigenvalue weighted by Crippen LogP contribution is 2.24. The van der Waals surface area contributed by atoms with Gasteiger partial charge in [0.05, 0.1) is 4.95 Å². The van der Waals surface area contributed by atoms with Gasteiger partial charge in [-0.25, -0.2) is 0 Å². The van der Waals surface area contributed by atoms with Crippen molar-refractivity contribution in [1.29, 1.82) is 0 Å². The monoisotopic (exact) mass is 220 g/mol. The summed E-state index contributed by atoms with van der Waals surface area (Å²) < 4.78 is 0. The van der Waals surface area contributed by atoms with Gasteiger partial charge in [0.15, 0.2) is 0 Å². The lowest BCUT2D eigenvalue weighted by molar-refractivity contribution is 0.293. The topological polar surface area (TPSA) is 6.48 Å². The van der Waals surface area contributed by atoms with Crippen LogP contribution in [-0.2, 0) is 0 Å². The molecular formula is C8H17BrN2. The summed E-state index contributed by atoms with van der Waals surface area (Å²) >= 11 is 3.70. The zero-order valence-corrected chi connectivity index (χ0v) is 9.13. The fourth-order valence-corrected chi connectivity index (χ4v) is 2.05. The standard InChI is InChI=1S/C8H17BrN2/c1-10(2)8(9)7-4-5-11(3)6-7/h7-8H,4-6H2,1-3H3. The first kappa shape index (κ1) is 9.49. The van der Waals surface area contributed by atoms with Gasteiger partial charge in [-0.15, -0.1) is 0 Å². The van der Waals surface area contributed by atoms with Crippen LogP contribution in [-0.4, -0.2) is 49.0 Å². The lowest BCUT2D eigenvalue weighted by Gasteiger charge is -2.23. The van der Waals surface area contributed by atoms with Crippen LogP contribution >= 0.6 is 15.9 Å². The molecule has 0 radical (unpaired) electrons. The molecule has 1 aliphatic heterocycles. The van der Waals surface area contributed by atoms with Crippen molar-refractivity contribution < 1.29 is 0 Å². The van der Waals surface area contributed by atoms with E-state index >= 15 is 0 Å². The van der Waals surface area contributed by atoms with E-state index in [9.17, 15) is 0 Å². The molecule has 1 fully saturated rings. The van der Waals surface area contributed by atoms with Gasteiger partial charge in [0.1, 0.15) is 0 Å². The molecule has 2 atom stereocenters. The molecule has 1 heterocycles. The molecule has 0 aromatic rings. The second-order valence-corrected chi connectivity index (χ2v) is 4.59. The summed E-state index contributed by atoms with van der Waals surface area (Å²) in [7, 11) is 6.44. The zero-order chi connectivity index (χ0) is 8.43. The first-order valence-corrected chi connectivity index (χ1v) is 5.02. The van der Waals surface area contributed by atoms with Gasteiger partial charge in [0.2, 0.25) is 0 Å². The van der Waals surface area contributed by atoms with Crippen molar-refractivity contribution in [2.24, 2.45) is 5.92 Å². The van der Waals surface area contributed by atoms with E-state index in [2.05, 4.69) is 46.9 Å². The summed E-state index contributed by atoms with van der Waals surface area (Å²) in [5.41, 5.74) is 0. The molecular weight excluding hydrogens is 204 g/mol. The number of alkyl halides is 1. The van der Waals surface area contributed by atoms with Crippen LogP contribution in [0.3, 0.4) is 0 Å². The van der Waals surface area contributed by atoms with Gasteiger partial charge in [-0.3, -0.25) is 4.90 Å². The lowest BCUT2D eigenvalue weighted by Crippen LogP contribution is -2.31. The molecule has 0 aromatic carbocycles. The third-order valence-corrected chi connectivity index (χ3v) is 3.88. The summed E-state index contributed by atoms with van der Waals surface area (Å²) in [5, 5.41) is 0. The molecule has 0 bridgehead atoms. The largest absolute Gasteiger partial charge is 0.306 e. The van der Waals surface area contributed by atoms with Crippen molar-refractivity contribution in [1.82, 2.24) is 9.80 Å². The Morgan fingerprint density at radius 1 is 1.55 bits per heavy atom. The molecule has 3 heteroatoms. The van der Waals surface area contributed by atoms with Crippen molar-refractivity contribution in [3.63, 3.8) is 0 Å². The Balaban J connectivity index is 2.36. The quantitative estimate of drug-likeness (QED) is 0.511. The van der Waals surface area contributed by atoms with Gasteiger partial charge in [-0.1, -0.05) is 15.9 Å². The van der Waals surface area contributed by atoms with Gasteiger partial charge >= 0.3 is 0 Å². The molecule has 66 valence electrons. The molecule has 0 N–H and O–H groups in total. The second kappa shape index (κ2) is 3.87. The maximum Gasteiger partial charge on any atom is 0.0691 e. The van der Waals surface area contributed by atoms with Crippen LogP contribution in [0.5, 0.6) is 0 Å². The maximum absolute atomic E-state index is 3.70. The second-order valence-electron chi connectivity index (χ2n) is 3.65. The van der Waals surface area contributed by atoms with E-state index in [0.29, 0.717) is 4.95 Å². The van der Waals surface area contributed by atoms with Crippen LogP contribution < -0.4 is 0 Å². The smallest absolute Gasteiger partial charge is 0.0691 e. The Kier molecular flexibility index (Phi) is 3.34. The predicted molar refractivity (Wildman–Crippen MR) is 52.0 cm³/mol. The predicted octanol–water partition coefficient (Wildman–Crippen LogP) is 1.22. The zero-order valence-electron chi connectivity index (χ0n) is 7.55. The van der Waals surface area contributed by atoms with E-state index in [-0.39, 0.29) is 0 Å². The molecule has 11 heavy (non-hydrogen) atoms. The summed E-state index contributed by atoms with van der Waals surface area (Å²) in [6, 6.07) is 0. The molecule has 2 nitrogen and oxygen atoms in total. The Hall–Kier alpha value is 0.400. The van der Waals surface area contributed by atoms with Crippen LogP contribution in [0.15, 0.2) is 0 Å². The molecule has 0 aromatic heterocycles. The van der Waals surface area contributed by atoms with E-state index in [4.69, 9.17) is 0 Å². The first-order chi connectivity index (χ1) is 5.11. The van der Waals surface area contributed by atoms with Crippen LogP contribution in [0.1, 0.15) is 6.42 Å². The maximum atomic E-state index is 3.70. The van der Waals surface area contributed by atoms with Crippen molar-refractivity contribution >= 4 is 15.9 Å². The molecule has 0 saturated carbocycles. The number of halogens is 1. The third-order valence-electron chi connectivity index (χ3n) is 2.31. The van der Waals surface area contributed by atoms with E-state index in [0.717, 1.165) is 5.92 Å². The van der Waals surface area contributed by atoms with Crippen LogP contribution in [0.4, 0.5) is 0 Å². The van der Waals surface area contributed by atoms with E-state index in [1.807, 2.05) is 0 Å². The molecule has 0 aliphatic carbocycles. The Bertz CT molecular complexity index is 127. The minimum Gasteiger partial charge on any atom is -0.306 e. The molecule has 0 amide bonds. The number of likely N-dealkylation sites (tertiary alicyclic amines) is 1. The molecule has 0 spiro atoms. The summed E-state index contributed by atoms with van der Waals surface area (Å²) in [6.45, 7) is 2.48. The first-order valence-electron chi connectivity index (χ1n) is 4.10. The average molecular weight is 221 g/mol. The van der Waals surface area contributed by atoms with Gasteiger partial charge in [-0.05, 0) is 40.0 Å². The molecule has 1 rings (SSSR count). The van der Waals surface area contributed by atoms with Gasteiger partial charge in [0, 0.05) is 6.54 Å². The SMILES string of the molecule is CN1CCC(C(Br)N(C)C)C1. The summed E-state index contributed by atoms with van der Waals surface area (Å²) in [4.78, 5) is 5.18. The normalized spacial score (nSPS) is 29.7. The number of nitrogens with zero attached hydrogens (tertiary/aromatic N) is 2. The number of rotatable bonds is 2. The van der Waals surface area contributed by atoms with Crippen molar-refractivity contribution in [3.8, 4) is 0 Å². The molecule has 2 unspecified atom stereocenters. The van der Waals surface area contributed by atoms with Crippen LogP contribution in [0.25, 0.3) is 0 Å². The van der Waals surface area contributed by atoms with E-state index in [1.54, 1.807) is 0 Å². The highest BCUT2D eigenvalue weighted by atomic mass is 79.9. The van der Waals surface area contributed by atoms with E-state index in [1.165, 1.54) is 19.5 Å². The third kappa shape index (κ3) is 2.42. The minimum atomic E-state index is 0.549. The highest BCUT2D eigenvalue weighted by Gasteiger charge is 2.26. The van der Waals surface area contributed by atoms with Gasteiger partial charge in [-0.2, -0.15) is 0 Å². The van der Waals surface area contributed by atoms with Gasteiger partial charge in [0.25, 0.3) is 0 Å². The van der Waals surface area contributed by atoms with Crippen LogP contribution in [0.2, 0.25) is 0 Å². The number of hydrogen-bond acceptors (Lipinski definition) is 2. The number of hydrogen-bond donors (Lipinski definition) is 0. The Labute approximate surface area is 77.7 Å².